The monoisotopic (exact) mass is 434 g/mol. The first-order valence-electron chi connectivity index (χ1n) is 8.04. The average molecular weight is 435 g/mol. The highest BCUT2D eigenvalue weighted by atomic mass is 79.9. The van der Waals surface area contributed by atoms with Crippen LogP contribution in [-0.4, -0.2) is 36.3 Å². The third-order valence-corrected chi connectivity index (χ3v) is 5.14. The summed E-state index contributed by atoms with van der Waals surface area (Å²) in [6.45, 7) is 1.05. The van der Waals surface area contributed by atoms with E-state index in [0.29, 0.717) is 10.0 Å². The molecule has 0 aromatic heterocycles. The number of methoxy groups -OCH3 is 1. The number of benzene rings is 2. The van der Waals surface area contributed by atoms with E-state index in [1.807, 2.05) is 0 Å². The van der Waals surface area contributed by atoms with Crippen molar-refractivity contribution in [2.75, 3.05) is 13.7 Å². The van der Waals surface area contributed by atoms with E-state index in [2.05, 4.69) is 21.2 Å². The fourth-order valence-corrected chi connectivity index (χ4v) is 3.70. The Morgan fingerprint density at radius 1 is 1.26 bits per heavy atom. The molecule has 1 N–H and O–H groups in total. The van der Waals surface area contributed by atoms with Crippen molar-refractivity contribution in [3.63, 3.8) is 0 Å². The first kappa shape index (κ1) is 19.0. The zero-order valence-electron chi connectivity index (χ0n) is 14.6. The van der Waals surface area contributed by atoms with Gasteiger partial charge < -0.3 is 10.1 Å². The van der Waals surface area contributed by atoms with Crippen LogP contribution in [0.3, 0.4) is 0 Å². The fourth-order valence-electron chi connectivity index (χ4n) is 3.02. The van der Waals surface area contributed by atoms with Crippen molar-refractivity contribution in [1.82, 2.24) is 10.2 Å². The van der Waals surface area contributed by atoms with Crippen LogP contribution in [0.2, 0.25) is 0 Å². The molecule has 8 heteroatoms. The molecule has 1 aliphatic rings. The summed E-state index contributed by atoms with van der Waals surface area (Å²) >= 11 is 3.38. The van der Waals surface area contributed by atoms with Gasteiger partial charge in [0.2, 0.25) is 0 Å². The van der Waals surface area contributed by atoms with Crippen LogP contribution < -0.4 is 10.1 Å². The zero-order chi connectivity index (χ0) is 19.8. The summed E-state index contributed by atoms with van der Waals surface area (Å²) in [6.07, 6.45) is 0. The number of hydrogen-bond acceptors (Lipinski definition) is 4. The highest BCUT2D eigenvalue weighted by Gasteiger charge is 2.50. The Hall–Kier alpha value is -2.74. The number of nitrogens with zero attached hydrogens (tertiary/aromatic N) is 1. The summed E-state index contributed by atoms with van der Waals surface area (Å²) in [6, 6.07) is 9.81. The molecule has 1 atom stereocenters. The van der Waals surface area contributed by atoms with Gasteiger partial charge in [-0.05, 0) is 31.2 Å². The molecule has 3 rings (SSSR count). The van der Waals surface area contributed by atoms with E-state index in [-0.39, 0.29) is 11.3 Å². The van der Waals surface area contributed by atoms with Gasteiger partial charge in [0.1, 0.15) is 17.1 Å². The van der Waals surface area contributed by atoms with Crippen molar-refractivity contribution < 1.29 is 23.5 Å². The molecule has 2 aromatic rings. The van der Waals surface area contributed by atoms with Gasteiger partial charge in [-0.1, -0.05) is 34.1 Å². The second kappa shape index (κ2) is 7.11. The molecule has 1 saturated heterocycles. The lowest BCUT2D eigenvalue weighted by molar-refractivity contribution is -0.130. The van der Waals surface area contributed by atoms with Crippen LogP contribution in [0.1, 0.15) is 22.8 Å². The predicted molar refractivity (Wildman–Crippen MR) is 99.0 cm³/mol. The van der Waals surface area contributed by atoms with Crippen molar-refractivity contribution in [3.8, 4) is 5.75 Å². The highest BCUT2D eigenvalue weighted by molar-refractivity contribution is 9.10. The maximum absolute atomic E-state index is 13.5. The second-order valence-electron chi connectivity index (χ2n) is 6.19. The number of carbonyl (C=O) groups is 3. The zero-order valence-corrected chi connectivity index (χ0v) is 16.2. The molecule has 0 saturated carbocycles. The summed E-state index contributed by atoms with van der Waals surface area (Å²) in [5, 5.41) is 2.63. The lowest BCUT2D eigenvalue weighted by Crippen LogP contribution is -2.41. The van der Waals surface area contributed by atoms with Crippen LogP contribution in [0.5, 0.6) is 5.75 Å². The van der Waals surface area contributed by atoms with E-state index in [0.717, 1.165) is 17.0 Å². The Kier molecular flexibility index (Phi) is 5.01. The number of rotatable bonds is 5. The minimum Gasteiger partial charge on any atom is -0.496 e. The van der Waals surface area contributed by atoms with Gasteiger partial charge >= 0.3 is 6.03 Å². The summed E-state index contributed by atoms with van der Waals surface area (Å²) in [7, 11) is 1.35. The lowest BCUT2D eigenvalue weighted by Gasteiger charge is -2.23. The summed E-state index contributed by atoms with van der Waals surface area (Å²) < 4.78 is 19.2. The van der Waals surface area contributed by atoms with Crippen molar-refractivity contribution in [3.05, 3.63) is 63.9 Å². The van der Waals surface area contributed by atoms with Crippen molar-refractivity contribution >= 4 is 33.7 Å². The Labute approximate surface area is 163 Å². The van der Waals surface area contributed by atoms with Crippen molar-refractivity contribution in [1.29, 1.82) is 0 Å². The summed E-state index contributed by atoms with van der Waals surface area (Å²) in [5.41, 5.74) is -0.780. The molecular weight excluding hydrogens is 419 g/mol. The van der Waals surface area contributed by atoms with E-state index in [4.69, 9.17) is 4.74 Å². The number of halogens is 2. The van der Waals surface area contributed by atoms with Crippen molar-refractivity contribution in [2.45, 2.75) is 12.5 Å². The fraction of sp³-hybridized carbons (Fsp3) is 0.211. The second-order valence-corrected chi connectivity index (χ2v) is 7.05. The molecule has 0 spiro atoms. The number of amides is 3. The molecule has 140 valence electrons. The molecule has 0 bridgehead atoms. The van der Waals surface area contributed by atoms with Gasteiger partial charge in [0.25, 0.3) is 5.91 Å². The standard InChI is InChI=1S/C19H16BrFN2O4/c1-19(13-5-3-4-6-14(13)20)17(25)23(18(26)22-19)10-15(24)12-9-11(21)7-8-16(12)27-2/h3-9H,10H2,1-2H3,(H,22,26)/t19-/m1/s1. The van der Waals surface area contributed by atoms with Gasteiger partial charge in [-0.3, -0.25) is 14.5 Å². The molecule has 0 unspecified atom stereocenters. The molecule has 1 fully saturated rings. The van der Waals surface area contributed by atoms with Crippen LogP contribution in [0, 0.1) is 5.82 Å². The molecule has 0 radical (unpaired) electrons. The van der Waals surface area contributed by atoms with Crippen LogP contribution >= 0.6 is 15.9 Å². The van der Waals surface area contributed by atoms with Crippen LogP contribution in [0.15, 0.2) is 46.9 Å². The third-order valence-electron chi connectivity index (χ3n) is 4.45. The number of nitrogens with one attached hydrogen (secondary N) is 1. The van der Waals surface area contributed by atoms with Gasteiger partial charge in [-0.15, -0.1) is 0 Å². The quantitative estimate of drug-likeness (QED) is 0.578. The SMILES string of the molecule is COc1ccc(F)cc1C(=O)CN1C(=O)N[C@](C)(c2ccccc2Br)C1=O. The summed E-state index contributed by atoms with van der Waals surface area (Å²) in [4.78, 5) is 38.8. The molecule has 6 nitrogen and oxygen atoms in total. The molecule has 1 aliphatic heterocycles. The van der Waals surface area contributed by atoms with Gasteiger partial charge in [-0.2, -0.15) is 0 Å². The molecule has 0 aliphatic carbocycles. The Morgan fingerprint density at radius 3 is 2.63 bits per heavy atom. The van der Waals surface area contributed by atoms with Gasteiger partial charge in [0.05, 0.1) is 19.2 Å². The number of imide groups is 1. The maximum atomic E-state index is 13.5. The van der Waals surface area contributed by atoms with Crippen LogP contribution in [0.4, 0.5) is 9.18 Å². The average Bonchev–Trinajstić information content (AvgIpc) is 2.85. The van der Waals surface area contributed by atoms with E-state index < -0.39 is 35.6 Å². The van der Waals surface area contributed by atoms with E-state index >= 15 is 0 Å². The normalized spacial score (nSPS) is 19.2. The first-order chi connectivity index (χ1) is 12.8. The minimum atomic E-state index is -1.32. The van der Waals surface area contributed by atoms with Crippen molar-refractivity contribution in [2.24, 2.45) is 0 Å². The molecule has 2 aromatic carbocycles. The number of urea groups is 1. The highest BCUT2D eigenvalue weighted by Crippen LogP contribution is 2.33. The smallest absolute Gasteiger partial charge is 0.325 e. The topological polar surface area (TPSA) is 75.7 Å². The predicted octanol–water partition coefficient (Wildman–Crippen LogP) is 3.25. The largest absolute Gasteiger partial charge is 0.496 e. The number of Topliss-reactive ketones (excluding diaryl/α,β-unsaturated/α-hetero) is 1. The Bertz CT molecular complexity index is 949. The Morgan fingerprint density at radius 2 is 1.96 bits per heavy atom. The van der Waals surface area contributed by atoms with Gasteiger partial charge in [-0.25, -0.2) is 9.18 Å². The molecule has 3 amide bonds. The number of carbonyl (C=O) groups excluding carboxylic acids is 3. The van der Waals surface area contributed by atoms with Crippen LogP contribution in [0.25, 0.3) is 0 Å². The van der Waals surface area contributed by atoms with E-state index in [1.165, 1.54) is 13.2 Å². The Balaban J connectivity index is 1.90. The third kappa shape index (κ3) is 3.32. The van der Waals surface area contributed by atoms with E-state index in [1.54, 1.807) is 31.2 Å². The first-order valence-corrected chi connectivity index (χ1v) is 8.83. The van der Waals surface area contributed by atoms with E-state index in [9.17, 15) is 18.8 Å². The lowest BCUT2D eigenvalue weighted by atomic mass is 9.92. The minimum absolute atomic E-state index is 0.0346. The molecular formula is C19H16BrFN2O4. The maximum Gasteiger partial charge on any atom is 0.325 e. The number of ketones is 1. The number of hydrogen-bond donors (Lipinski definition) is 1. The number of ether oxygens (including phenoxy) is 1. The van der Waals surface area contributed by atoms with Gasteiger partial charge in [0, 0.05) is 10.0 Å². The molecule has 27 heavy (non-hydrogen) atoms. The summed E-state index contributed by atoms with van der Waals surface area (Å²) in [5.74, 6) is -1.62. The van der Waals surface area contributed by atoms with Gasteiger partial charge in [0.15, 0.2) is 5.78 Å². The molecule has 1 heterocycles. The van der Waals surface area contributed by atoms with Crippen LogP contribution in [-0.2, 0) is 10.3 Å².